The molecular weight excluding hydrogens is 544 g/mol. The first-order valence-corrected chi connectivity index (χ1v) is 15.3. The zero-order valence-electron chi connectivity index (χ0n) is 22.7. The number of hydrogen-bond donors (Lipinski definition) is 2. The number of aromatic amines is 1. The number of para-hydroxylation sites is 1. The van der Waals surface area contributed by atoms with Crippen LogP contribution in [-0.2, 0) is 27.7 Å². The van der Waals surface area contributed by atoms with Crippen LogP contribution in [0.5, 0.6) is 0 Å². The van der Waals surface area contributed by atoms with Gasteiger partial charge in [-0.05, 0) is 48.4 Å². The number of nitrogens with one attached hydrogen (secondary N) is 2. The van der Waals surface area contributed by atoms with Crippen LogP contribution < -0.4 is 15.2 Å². The highest BCUT2D eigenvalue weighted by Gasteiger charge is 2.29. The van der Waals surface area contributed by atoms with E-state index in [1.54, 1.807) is 23.1 Å². The minimum atomic E-state index is -3.99. The summed E-state index contributed by atoms with van der Waals surface area (Å²) in [4.78, 5) is 33.0. The average molecular weight is 578 g/mol. The number of sulfonamides is 1. The number of furan rings is 1. The van der Waals surface area contributed by atoms with E-state index in [-0.39, 0.29) is 22.4 Å². The van der Waals surface area contributed by atoms with E-state index in [9.17, 15) is 18.0 Å². The summed E-state index contributed by atoms with van der Waals surface area (Å²) in [5.41, 5.74) is 1.78. The lowest BCUT2D eigenvalue weighted by atomic mass is 10.1. The number of carbonyl (C=O) groups is 1. The summed E-state index contributed by atoms with van der Waals surface area (Å²) < 4.78 is 40.2. The number of rotatable bonds is 9. The second-order valence-corrected chi connectivity index (χ2v) is 12.4. The number of morpholine rings is 1. The number of fused-ring (bicyclic) bond motifs is 2. The van der Waals surface area contributed by atoms with Crippen molar-refractivity contribution in [2.24, 2.45) is 0 Å². The maximum Gasteiger partial charge on any atom is 0.263 e. The summed E-state index contributed by atoms with van der Waals surface area (Å²) in [5.74, 6) is 0.126. The molecule has 1 saturated heterocycles. The molecule has 0 saturated carbocycles. The largest absolute Gasteiger partial charge is 0.468 e. The van der Waals surface area contributed by atoms with Gasteiger partial charge in [0.1, 0.15) is 24.4 Å². The average Bonchev–Trinajstić information content (AvgIpc) is 3.67. The van der Waals surface area contributed by atoms with Crippen molar-refractivity contribution >= 4 is 32.5 Å². The molecule has 0 radical (unpaired) electrons. The van der Waals surface area contributed by atoms with Gasteiger partial charge in [0.15, 0.2) is 0 Å². The molecule has 0 bridgehead atoms. The van der Waals surface area contributed by atoms with Gasteiger partial charge in [0.05, 0.1) is 37.5 Å². The lowest BCUT2D eigenvalue weighted by Crippen LogP contribution is -3.14. The van der Waals surface area contributed by atoms with E-state index in [1.807, 2.05) is 24.3 Å². The molecule has 10 nitrogen and oxygen atoms in total. The molecule has 2 aliphatic rings. The molecule has 2 aliphatic heterocycles. The van der Waals surface area contributed by atoms with Crippen LogP contribution in [0, 0.1) is 0 Å². The Labute approximate surface area is 238 Å². The van der Waals surface area contributed by atoms with Crippen LogP contribution in [0.25, 0.3) is 10.9 Å². The standard InChI is InChI=1S/C30H32N4O6S/c35-29-25-19-24(8-9-27(25)31-20-26(29)30(36)34-13-10-22-5-1-2-7-28(22)34)41(37,38)33(21-23-6-3-16-40-23)12-4-11-32-14-17-39-18-15-32/h1-3,5-9,16,19-20H,4,10-15,17-18,21H2,(H,31,35)/p+1. The molecule has 0 aliphatic carbocycles. The Morgan fingerprint density at radius 1 is 1.07 bits per heavy atom. The Morgan fingerprint density at radius 2 is 1.90 bits per heavy atom. The monoisotopic (exact) mass is 577 g/mol. The normalized spacial score (nSPS) is 16.0. The third-order valence-electron chi connectivity index (χ3n) is 7.90. The number of carbonyl (C=O) groups excluding carboxylic acids is 1. The number of quaternary nitrogens is 1. The zero-order valence-corrected chi connectivity index (χ0v) is 23.5. The van der Waals surface area contributed by atoms with Crippen molar-refractivity contribution in [1.29, 1.82) is 0 Å². The Kier molecular flexibility index (Phi) is 7.76. The van der Waals surface area contributed by atoms with E-state index in [4.69, 9.17) is 9.15 Å². The molecule has 4 heterocycles. The number of nitrogens with zero attached hydrogens (tertiary/aromatic N) is 2. The predicted octanol–water partition coefficient (Wildman–Crippen LogP) is 1.82. The van der Waals surface area contributed by atoms with Gasteiger partial charge in [-0.25, -0.2) is 8.42 Å². The smallest absolute Gasteiger partial charge is 0.263 e. The lowest BCUT2D eigenvalue weighted by molar-refractivity contribution is -0.908. The highest BCUT2D eigenvalue weighted by Crippen LogP contribution is 2.29. The first kappa shape index (κ1) is 27.4. The van der Waals surface area contributed by atoms with Crippen LogP contribution in [0.2, 0.25) is 0 Å². The lowest BCUT2D eigenvalue weighted by Gasteiger charge is -2.26. The van der Waals surface area contributed by atoms with Crippen LogP contribution in [-0.4, -0.2) is 69.6 Å². The number of H-pyrrole nitrogens is 1. The van der Waals surface area contributed by atoms with Crippen LogP contribution in [0.15, 0.2) is 81.2 Å². The van der Waals surface area contributed by atoms with Gasteiger partial charge in [-0.2, -0.15) is 4.31 Å². The third-order valence-corrected chi connectivity index (χ3v) is 9.74. The highest BCUT2D eigenvalue weighted by atomic mass is 32.2. The molecule has 2 N–H and O–H groups in total. The van der Waals surface area contributed by atoms with E-state index >= 15 is 0 Å². The molecule has 6 rings (SSSR count). The maximum atomic E-state index is 13.9. The first-order valence-electron chi connectivity index (χ1n) is 13.9. The maximum absolute atomic E-state index is 13.9. The minimum Gasteiger partial charge on any atom is -0.468 e. The van der Waals surface area contributed by atoms with Crippen LogP contribution in [0.1, 0.15) is 28.1 Å². The molecule has 41 heavy (non-hydrogen) atoms. The van der Waals surface area contributed by atoms with E-state index in [0.29, 0.717) is 50.4 Å². The van der Waals surface area contributed by atoms with Crippen molar-refractivity contribution in [3.05, 3.63) is 94.2 Å². The number of amides is 1. The molecule has 0 atom stereocenters. The molecular formula is C30H33N4O6S+. The topological polar surface area (TPSA) is 117 Å². The fourth-order valence-electron chi connectivity index (χ4n) is 5.64. The van der Waals surface area contributed by atoms with Gasteiger partial charge in [0, 0.05) is 42.3 Å². The predicted molar refractivity (Wildman–Crippen MR) is 154 cm³/mol. The second-order valence-electron chi connectivity index (χ2n) is 10.5. The van der Waals surface area contributed by atoms with Gasteiger partial charge in [-0.3, -0.25) is 9.59 Å². The SMILES string of the molecule is O=C(c1c[nH]c2ccc(S(=O)(=O)N(CCC[NH+]3CCOCC3)Cc3ccco3)cc2c1=O)N1CCc2ccccc21. The Bertz CT molecular complexity index is 1710. The summed E-state index contributed by atoms with van der Waals surface area (Å²) in [5, 5.41) is 0.153. The number of anilines is 1. The van der Waals surface area contributed by atoms with Crippen LogP contribution in [0.3, 0.4) is 0 Å². The molecule has 0 unspecified atom stereocenters. The summed E-state index contributed by atoms with van der Waals surface area (Å²) in [6, 6.07) is 15.6. The van der Waals surface area contributed by atoms with Crippen molar-refractivity contribution in [2.75, 3.05) is 50.8 Å². The van der Waals surface area contributed by atoms with Crippen molar-refractivity contribution in [3.8, 4) is 0 Å². The van der Waals surface area contributed by atoms with Gasteiger partial charge in [0.25, 0.3) is 5.91 Å². The second kappa shape index (κ2) is 11.6. The fourth-order valence-corrected chi connectivity index (χ4v) is 7.11. The van der Waals surface area contributed by atoms with E-state index < -0.39 is 21.4 Å². The van der Waals surface area contributed by atoms with Crippen molar-refractivity contribution in [3.63, 3.8) is 0 Å². The molecule has 2 aromatic heterocycles. The van der Waals surface area contributed by atoms with Crippen LogP contribution in [0.4, 0.5) is 5.69 Å². The number of ether oxygens (including phenoxy) is 1. The van der Waals surface area contributed by atoms with Gasteiger partial charge in [-0.1, -0.05) is 18.2 Å². The Hall–Kier alpha value is -3.77. The summed E-state index contributed by atoms with van der Waals surface area (Å²) in [6.45, 7) is 4.93. The zero-order chi connectivity index (χ0) is 28.4. The van der Waals surface area contributed by atoms with Crippen molar-refractivity contribution in [1.82, 2.24) is 9.29 Å². The summed E-state index contributed by atoms with van der Waals surface area (Å²) >= 11 is 0. The number of benzene rings is 2. The van der Waals surface area contributed by atoms with E-state index in [0.717, 1.165) is 30.9 Å². The molecule has 2 aromatic carbocycles. The quantitative estimate of drug-likeness (QED) is 0.314. The van der Waals surface area contributed by atoms with Gasteiger partial charge in [-0.15, -0.1) is 0 Å². The van der Waals surface area contributed by atoms with Crippen LogP contribution >= 0.6 is 0 Å². The minimum absolute atomic E-state index is 0.00288. The number of pyridine rings is 1. The first-order chi connectivity index (χ1) is 19.9. The molecule has 11 heteroatoms. The van der Waals surface area contributed by atoms with E-state index in [1.165, 1.54) is 33.8 Å². The molecule has 1 fully saturated rings. The van der Waals surface area contributed by atoms with Gasteiger partial charge in [0.2, 0.25) is 15.5 Å². The molecule has 4 aromatic rings. The number of hydrogen-bond acceptors (Lipinski definition) is 6. The summed E-state index contributed by atoms with van der Waals surface area (Å²) in [6.07, 6.45) is 4.32. The van der Waals surface area contributed by atoms with Gasteiger partial charge >= 0.3 is 0 Å². The molecule has 1 amide bonds. The third kappa shape index (κ3) is 5.58. The fraction of sp³-hybridized carbons (Fsp3) is 0.333. The Balaban J connectivity index is 1.29. The van der Waals surface area contributed by atoms with Gasteiger partial charge < -0.3 is 23.9 Å². The number of aromatic nitrogens is 1. The highest BCUT2D eigenvalue weighted by molar-refractivity contribution is 7.89. The Morgan fingerprint density at radius 3 is 2.71 bits per heavy atom. The van der Waals surface area contributed by atoms with Crippen molar-refractivity contribution in [2.45, 2.75) is 24.3 Å². The molecule has 214 valence electrons. The summed E-state index contributed by atoms with van der Waals surface area (Å²) in [7, 11) is -3.99. The van der Waals surface area contributed by atoms with Crippen molar-refractivity contribution < 1.29 is 27.3 Å². The van der Waals surface area contributed by atoms with E-state index in [2.05, 4.69) is 4.98 Å². The molecule has 0 spiro atoms.